The summed E-state index contributed by atoms with van der Waals surface area (Å²) in [6.45, 7) is 3.13. The second kappa shape index (κ2) is 7.93. The van der Waals surface area contributed by atoms with E-state index in [1.165, 1.54) is 0 Å². The molecule has 5 heteroatoms. The van der Waals surface area contributed by atoms with Gasteiger partial charge in [-0.1, -0.05) is 36.4 Å². The summed E-state index contributed by atoms with van der Waals surface area (Å²) in [4.78, 5) is 16.3. The molecule has 0 spiro atoms. The lowest BCUT2D eigenvalue weighted by molar-refractivity contribution is 0.00225. The number of nitrogens with zero attached hydrogens (tertiary/aromatic N) is 1. The molecule has 2 amide bonds. The highest BCUT2D eigenvalue weighted by Crippen LogP contribution is 2.27. The molecule has 2 N–H and O–H groups in total. The molecule has 126 valence electrons. The molecule has 1 aliphatic rings. The predicted molar refractivity (Wildman–Crippen MR) is 92.5 cm³/mol. The van der Waals surface area contributed by atoms with E-state index in [9.17, 15) is 4.79 Å². The fraction of sp³-hybridized carbons (Fsp3) is 0.368. The minimum atomic E-state index is -0.143. The Labute approximate surface area is 142 Å². The molecule has 1 aliphatic heterocycles. The zero-order valence-corrected chi connectivity index (χ0v) is 13.9. The first kappa shape index (κ1) is 16.5. The van der Waals surface area contributed by atoms with E-state index in [0.717, 1.165) is 29.5 Å². The number of ether oxygens (including phenoxy) is 1. The smallest absolute Gasteiger partial charge is 0.315 e. The van der Waals surface area contributed by atoms with Gasteiger partial charge in [0.05, 0.1) is 6.10 Å². The number of nitrogens with one attached hydrogen (secondary N) is 2. The molecule has 0 unspecified atom stereocenters. The van der Waals surface area contributed by atoms with Gasteiger partial charge in [0, 0.05) is 31.6 Å². The molecule has 1 fully saturated rings. The van der Waals surface area contributed by atoms with Crippen molar-refractivity contribution in [3.63, 3.8) is 0 Å². The van der Waals surface area contributed by atoms with Gasteiger partial charge in [0.25, 0.3) is 0 Å². The zero-order valence-electron chi connectivity index (χ0n) is 13.9. The predicted octanol–water partition coefficient (Wildman–Crippen LogP) is 3.11. The van der Waals surface area contributed by atoms with E-state index in [2.05, 4.69) is 27.8 Å². The number of pyridine rings is 1. The van der Waals surface area contributed by atoms with Gasteiger partial charge in [-0.3, -0.25) is 4.98 Å². The van der Waals surface area contributed by atoms with Crippen molar-refractivity contribution in [3.05, 3.63) is 65.5 Å². The molecule has 2 aromatic rings. The van der Waals surface area contributed by atoms with Crippen molar-refractivity contribution in [2.45, 2.75) is 38.5 Å². The Bertz CT molecular complexity index is 675. The van der Waals surface area contributed by atoms with Crippen LogP contribution in [0.5, 0.6) is 0 Å². The van der Waals surface area contributed by atoms with E-state index < -0.39 is 0 Å². The van der Waals surface area contributed by atoms with Gasteiger partial charge < -0.3 is 15.4 Å². The van der Waals surface area contributed by atoms with E-state index in [1.807, 2.05) is 31.2 Å². The Kier molecular flexibility index (Phi) is 5.43. The molecule has 2 heterocycles. The van der Waals surface area contributed by atoms with Gasteiger partial charge in [-0.05, 0) is 36.5 Å². The van der Waals surface area contributed by atoms with Crippen LogP contribution in [-0.2, 0) is 11.3 Å². The number of hydrogen-bond acceptors (Lipinski definition) is 3. The van der Waals surface area contributed by atoms with Crippen LogP contribution in [0.4, 0.5) is 4.79 Å². The largest absolute Gasteiger partial charge is 0.373 e. The molecule has 3 rings (SSSR count). The van der Waals surface area contributed by atoms with Crippen molar-refractivity contribution in [1.82, 2.24) is 15.6 Å². The average Bonchev–Trinajstić information content (AvgIpc) is 2.61. The number of urea groups is 1. The summed E-state index contributed by atoms with van der Waals surface area (Å²) < 4.78 is 5.84. The van der Waals surface area contributed by atoms with Crippen molar-refractivity contribution in [3.8, 4) is 0 Å². The summed E-state index contributed by atoms with van der Waals surface area (Å²) in [5.74, 6) is 0. The van der Waals surface area contributed by atoms with Gasteiger partial charge in [-0.25, -0.2) is 4.79 Å². The molecule has 0 radical (unpaired) electrons. The Hall–Kier alpha value is -2.40. The highest BCUT2D eigenvalue weighted by atomic mass is 16.5. The van der Waals surface area contributed by atoms with Gasteiger partial charge in [-0.15, -0.1) is 0 Å². The minimum Gasteiger partial charge on any atom is -0.373 e. The number of hydrogen-bond donors (Lipinski definition) is 2. The van der Waals surface area contributed by atoms with Crippen LogP contribution >= 0.6 is 0 Å². The third kappa shape index (κ3) is 4.55. The minimum absolute atomic E-state index is 0.0474. The van der Waals surface area contributed by atoms with Gasteiger partial charge >= 0.3 is 6.03 Å². The number of benzene rings is 1. The van der Waals surface area contributed by atoms with Crippen LogP contribution < -0.4 is 10.6 Å². The van der Waals surface area contributed by atoms with Crippen LogP contribution in [0.2, 0.25) is 0 Å². The summed E-state index contributed by atoms with van der Waals surface area (Å²) in [6, 6.07) is 12.2. The van der Waals surface area contributed by atoms with Gasteiger partial charge in [0.2, 0.25) is 0 Å². The second-order valence-corrected chi connectivity index (χ2v) is 6.19. The van der Waals surface area contributed by atoms with Gasteiger partial charge in [0.15, 0.2) is 0 Å². The van der Waals surface area contributed by atoms with Crippen LogP contribution in [0.25, 0.3) is 0 Å². The van der Waals surface area contributed by atoms with Gasteiger partial charge in [0.1, 0.15) is 0 Å². The van der Waals surface area contributed by atoms with Crippen LogP contribution in [-0.4, -0.2) is 23.7 Å². The highest BCUT2D eigenvalue weighted by molar-refractivity contribution is 5.74. The summed E-state index contributed by atoms with van der Waals surface area (Å²) in [6.07, 6.45) is 5.25. The van der Waals surface area contributed by atoms with Crippen LogP contribution in [0.3, 0.4) is 0 Å². The van der Waals surface area contributed by atoms with Crippen molar-refractivity contribution < 1.29 is 9.53 Å². The lowest BCUT2D eigenvalue weighted by Gasteiger charge is -2.30. The first-order valence-electron chi connectivity index (χ1n) is 8.32. The Morgan fingerprint density at radius 3 is 2.92 bits per heavy atom. The summed E-state index contributed by atoms with van der Waals surface area (Å²) in [7, 11) is 0. The summed E-state index contributed by atoms with van der Waals surface area (Å²) >= 11 is 0. The van der Waals surface area contributed by atoms with Crippen LogP contribution in [0.15, 0.2) is 48.8 Å². The molecule has 1 aromatic heterocycles. The second-order valence-electron chi connectivity index (χ2n) is 6.19. The maximum absolute atomic E-state index is 12.1. The van der Waals surface area contributed by atoms with E-state index in [1.54, 1.807) is 12.4 Å². The number of rotatable bonds is 4. The van der Waals surface area contributed by atoms with Gasteiger partial charge in [-0.2, -0.15) is 0 Å². The van der Waals surface area contributed by atoms with E-state index >= 15 is 0 Å². The molecule has 5 nitrogen and oxygen atoms in total. The van der Waals surface area contributed by atoms with Crippen molar-refractivity contribution in [2.24, 2.45) is 0 Å². The molecule has 2 atom stereocenters. The molecule has 0 bridgehead atoms. The first-order chi connectivity index (χ1) is 11.7. The number of amides is 2. The fourth-order valence-electron chi connectivity index (χ4n) is 2.96. The fourth-order valence-corrected chi connectivity index (χ4v) is 2.96. The Morgan fingerprint density at radius 2 is 2.12 bits per heavy atom. The maximum atomic E-state index is 12.1. The number of carbonyl (C=O) groups is 1. The molecule has 1 aromatic carbocycles. The quantitative estimate of drug-likeness (QED) is 0.908. The lowest BCUT2D eigenvalue weighted by atomic mass is 9.97. The monoisotopic (exact) mass is 325 g/mol. The molecule has 0 saturated carbocycles. The Balaban J connectivity index is 1.49. The lowest BCUT2D eigenvalue weighted by Crippen LogP contribution is -2.44. The normalized spacial score (nSPS) is 20.4. The topological polar surface area (TPSA) is 63.2 Å². The molecule has 24 heavy (non-hydrogen) atoms. The number of carbonyl (C=O) groups excluding carboxylic acids is 1. The van der Waals surface area contributed by atoms with Crippen molar-refractivity contribution in [1.29, 1.82) is 0 Å². The molecular weight excluding hydrogens is 302 g/mol. The molecule has 0 aliphatic carbocycles. The van der Waals surface area contributed by atoms with Crippen LogP contribution in [0.1, 0.15) is 35.6 Å². The first-order valence-corrected chi connectivity index (χ1v) is 8.32. The Morgan fingerprint density at radius 1 is 1.29 bits per heavy atom. The van der Waals surface area contributed by atoms with Crippen LogP contribution in [0, 0.1) is 6.92 Å². The maximum Gasteiger partial charge on any atom is 0.315 e. The van der Waals surface area contributed by atoms with E-state index in [0.29, 0.717) is 13.2 Å². The number of aryl methyl sites for hydroxylation is 1. The average molecular weight is 325 g/mol. The summed E-state index contributed by atoms with van der Waals surface area (Å²) in [5, 5.41) is 5.95. The van der Waals surface area contributed by atoms with Crippen molar-refractivity contribution >= 4 is 6.03 Å². The number of aromatic nitrogens is 1. The highest BCUT2D eigenvalue weighted by Gasteiger charge is 2.24. The van der Waals surface area contributed by atoms with E-state index in [-0.39, 0.29) is 18.2 Å². The third-order valence-electron chi connectivity index (χ3n) is 4.18. The zero-order chi connectivity index (χ0) is 16.8. The molecular formula is C19H23N3O2. The standard InChI is InChI=1S/C19H23N3O2/c1-14-9-15(12-20-11-14)13-21-19(23)22-17-7-8-24-18(10-17)16-5-3-2-4-6-16/h2-6,9,11-12,17-18H,7-8,10,13H2,1H3,(H2,21,22,23)/t17-,18-/m0/s1. The third-order valence-corrected chi connectivity index (χ3v) is 4.18. The SMILES string of the molecule is Cc1cncc(CNC(=O)N[C@H]2CCO[C@H](c3ccccc3)C2)c1. The van der Waals surface area contributed by atoms with Crippen molar-refractivity contribution in [2.75, 3.05) is 6.61 Å². The molecule has 1 saturated heterocycles. The summed E-state index contributed by atoms with van der Waals surface area (Å²) in [5.41, 5.74) is 3.25. The van der Waals surface area contributed by atoms with E-state index in [4.69, 9.17) is 4.74 Å².